The van der Waals surface area contributed by atoms with Gasteiger partial charge in [0, 0.05) is 31.7 Å². The number of hydrogen-bond donors (Lipinski definition) is 1. The smallest absolute Gasteiger partial charge is 0.317 e. The normalized spacial score (nSPS) is 26.5. The molecule has 2 rings (SSSR count). The van der Waals surface area contributed by atoms with Crippen molar-refractivity contribution >= 4 is 16.1 Å². The highest BCUT2D eigenvalue weighted by Crippen LogP contribution is 2.18. The van der Waals surface area contributed by atoms with E-state index in [1.54, 1.807) is 0 Å². The quantitative estimate of drug-likeness (QED) is 0.827. The summed E-state index contributed by atoms with van der Waals surface area (Å²) in [5.74, 6) is 0. The number of rotatable bonds is 2. The molecule has 2 saturated heterocycles. The first-order valence-corrected chi connectivity index (χ1v) is 9.25. The van der Waals surface area contributed by atoms with Gasteiger partial charge in [-0.15, -0.1) is 0 Å². The number of likely N-dealkylation sites (tertiary alicyclic amines) is 1. The van der Waals surface area contributed by atoms with Crippen molar-refractivity contribution < 1.29 is 13.2 Å². The molecule has 2 aliphatic heterocycles. The second kappa shape index (κ2) is 6.30. The SMILES string of the molecule is CC1CCCCN1C(=O)NC1CCN(S(C)(=O)=O)CC1. The third kappa shape index (κ3) is 3.85. The van der Waals surface area contributed by atoms with Crippen LogP contribution in [0.5, 0.6) is 0 Å². The van der Waals surface area contributed by atoms with Crippen molar-refractivity contribution in [1.29, 1.82) is 0 Å². The van der Waals surface area contributed by atoms with Crippen molar-refractivity contribution in [1.82, 2.24) is 14.5 Å². The minimum atomic E-state index is -3.10. The standard InChI is InChI=1S/C13H25N3O3S/c1-11-5-3-4-8-16(11)13(17)14-12-6-9-15(10-7-12)20(2,18)19/h11-12H,3-10H2,1-2H3,(H,14,17). The van der Waals surface area contributed by atoms with Crippen molar-refractivity contribution in [3.05, 3.63) is 0 Å². The predicted octanol–water partition coefficient (Wildman–Crippen LogP) is 0.994. The molecular weight excluding hydrogens is 278 g/mol. The van der Waals surface area contributed by atoms with Crippen LogP contribution in [-0.4, -0.2) is 61.6 Å². The van der Waals surface area contributed by atoms with E-state index >= 15 is 0 Å². The number of nitrogens with zero attached hydrogens (tertiary/aromatic N) is 2. The van der Waals surface area contributed by atoms with Gasteiger partial charge in [-0.05, 0) is 39.0 Å². The maximum Gasteiger partial charge on any atom is 0.317 e. The molecule has 0 aromatic carbocycles. The highest BCUT2D eigenvalue weighted by atomic mass is 32.2. The largest absolute Gasteiger partial charge is 0.335 e. The Morgan fingerprint density at radius 3 is 2.30 bits per heavy atom. The van der Waals surface area contributed by atoms with Gasteiger partial charge in [-0.25, -0.2) is 17.5 Å². The van der Waals surface area contributed by atoms with Crippen LogP contribution in [0.1, 0.15) is 39.0 Å². The molecule has 0 aliphatic carbocycles. The number of amides is 2. The van der Waals surface area contributed by atoms with E-state index in [0.717, 1.165) is 19.4 Å². The lowest BCUT2D eigenvalue weighted by Gasteiger charge is -2.36. The predicted molar refractivity (Wildman–Crippen MR) is 78.0 cm³/mol. The zero-order valence-electron chi connectivity index (χ0n) is 12.3. The Bertz CT molecular complexity index is 444. The molecule has 1 unspecified atom stereocenters. The molecule has 0 bridgehead atoms. The molecule has 1 atom stereocenters. The van der Waals surface area contributed by atoms with E-state index in [2.05, 4.69) is 12.2 Å². The zero-order valence-corrected chi connectivity index (χ0v) is 13.2. The first-order valence-electron chi connectivity index (χ1n) is 7.40. The van der Waals surface area contributed by atoms with Crippen molar-refractivity contribution in [2.45, 2.75) is 51.1 Å². The molecule has 0 saturated carbocycles. The van der Waals surface area contributed by atoms with E-state index in [4.69, 9.17) is 0 Å². The molecule has 116 valence electrons. The van der Waals surface area contributed by atoms with Crippen LogP contribution in [0.2, 0.25) is 0 Å². The summed E-state index contributed by atoms with van der Waals surface area (Å²) in [6.45, 7) is 3.92. The molecule has 0 aromatic heterocycles. The summed E-state index contributed by atoms with van der Waals surface area (Å²) in [7, 11) is -3.10. The van der Waals surface area contributed by atoms with Crippen LogP contribution >= 0.6 is 0 Å². The van der Waals surface area contributed by atoms with Crippen molar-refractivity contribution in [3.63, 3.8) is 0 Å². The van der Waals surface area contributed by atoms with Gasteiger partial charge in [0.2, 0.25) is 10.0 Å². The number of urea groups is 1. The van der Waals surface area contributed by atoms with Crippen LogP contribution in [0.15, 0.2) is 0 Å². The fourth-order valence-electron chi connectivity index (χ4n) is 2.99. The van der Waals surface area contributed by atoms with Crippen LogP contribution < -0.4 is 5.32 Å². The highest BCUT2D eigenvalue weighted by molar-refractivity contribution is 7.88. The number of carbonyl (C=O) groups is 1. The monoisotopic (exact) mass is 303 g/mol. The minimum absolute atomic E-state index is 0.00926. The summed E-state index contributed by atoms with van der Waals surface area (Å²) in [4.78, 5) is 14.1. The number of carbonyl (C=O) groups excluding carboxylic acids is 1. The molecule has 2 aliphatic rings. The van der Waals surface area contributed by atoms with Gasteiger partial charge in [-0.1, -0.05) is 0 Å². The lowest BCUT2D eigenvalue weighted by Crippen LogP contribution is -2.53. The maximum atomic E-state index is 12.2. The first-order chi connectivity index (χ1) is 9.38. The van der Waals surface area contributed by atoms with Crippen molar-refractivity contribution in [2.75, 3.05) is 25.9 Å². The lowest BCUT2D eigenvalue weighted by atomic mass is 10.0. The average molecular weight is 303 g/mol. The molecule has 0 spiro atoms. The van der Waals surface area contributed by atoms with Gasteiger partial charge in [-0.3, -0.25) is 0 Å². The topological polar surface area (TPSA) is 69.7 Å². The molecule has 2 fully saturated rings. The van der Waals surface area contributed by atoms with Gasteiger partial charge >= 0.3 is 6.03 Å². The van der Waals surface area contributed by atoms with E-state index in [-0.39, 0.29) is 12.1 Å². The van der Waals surface area contributed by atoms with Crippen molar-refractivity contribution in [2.24, 2.45) is 0 Å². The van der Waals surface area contributed by atoms with Gasteiger partial charge in [0.25, 0.3) is 0 Å². The fraction of sp³-hybridized carbons (Fsp3) is 0.923. The van der Waals surface area contributed by atoms with E-state index in [0.29, 0.717) is 32.0 Å². The van der Waals surface area contributed by atoms with Gasteiger partial charge in [-0.2, -0.15) is 0 Å². The summed E-state index contributed by atoms with van der Waals surface area (Å²) in [5.41, 5.74) is 0. The summed E-state index contributed by atoms with van der Waals surface area (Å²) in [6, 6.07) is 0.407. The molecule has 0 aromatic rings. The van der Waals surface area contributed by atoms with Crippen LogP contribution in [0.25, 0.3) is 0 Å². The molecule has 0 radical (unpaired) electrons. The van der Waals surface area contributed by atoms with Gasteiger partial charge < -0.3 is 10.2 Å². The van der Waals surface area contributed by atoms with Gasteiger partial charge in [0.05, 0.1) is 6.26 Å². The van der Waals surface area contributed by atoms with Crippen LogP contribution in [0.3, 0.4) is 0 Å². The zero-order chi connectivity index (χ0) is 14.8. The van der Waals surface area contributed by atoms with Crippen molar-refractivity contribution in [3.8, 4) is 0 Å². The Balaban J connectivity index is 1.82. The molecule has 2 heterocycles. The number of nitrogens with one attached hydrogen (secondary N) is 1. The molecule has 6 nitrogen and oxygen atoms in total. The Morgan fingerprint density at radius 1 is 1.10 bits per heavy atom. The van der Waals surface area contributed by atoms with Crippen LogP contribution in [0.4, 0.5) is 4.79 Å². The summed E-state index contributed by atoms with van der Waals surface area (Å²) in [6.07, 6.45) is 5.96. The van der Waals surface area contributed by atoms with Crippen LogP contribution in [-0.2, 0) is 10.0 Å². The van der Waals surface area contributed by atoms with Gasteiger partial charge in [0.15, 0.2) is 0 Å². The molecule has 1 N–H and O–H groups in total. The molecule has 20 heavy (non-hydrogen) atoms. The number of piperidine rings is 2. The van der Waals surface area contributed by atoms with E-state index < -0.39 is 10.0 Å². The Morgan fingerprint density at radius 2 is 1.75 bits per heavy atom. The highest BCUT2D eigenvalue weighted by Gasteiger charge is 2.28. The Kier molecular flexibility index (Phi) is 4.90. The summed E-state index contributed by atoms with van der Waals surface area (Å²) in [5, 5.41) is 3.06. The van der Waals surface area contributed by atoms with Crippen LogP contribution in [0, 0.1) is 0 Å². The number of hydrogen-bond acceptors (Lipinski definition) is 3. The molecule has 7 heteroatoms. The number of sulfonamides is 1. The lowest BCUT2D eigenvalue weighted by molar-refractivity contribution is 0.151. The second-order valence-electron chi connectivity index (χ2n) is 5.92. The van der Waals surface area contributed by atoms with E-state index in [9.17, 15) is 13.2 Å². The Labute approximate surface area is 121 Å². The third-order valence-corrected chi connectivity index (χ3v) is 5.62. The maximum absolute atomic E-state index is 12.2. The summed E-state index contributed by atoms with van der Waals surface area (Å²) >= 11 is 0. The molecular formula is C13H25N3O3S. The molecule has 2 amide bonds. The average Bonchev–Trinajstić information content (AvgIpc) is 2.38. The van der Waals surface area contributed by atoms with E-state index in [1.165, 1.54) is 17.0 Å². The third-order valence-electron chi connectivity index (χ3n) is 4.31. The first kappa shape index (κ1) is 15.6. The van der Waals surface area contributed by atoms with E-state index in [1.807, 2.05) is 4.90 Å². The fourth-order valence-corrected chi connectivity index (χ4v) is 3.86. The summed E-state index contributed by atoms with van der Waals surface area (Å²) < 4.78 is 24.4. The Hall–Kier alpha value is -0.820. The second-order valence-corrected chi connectivity index (χ2v) is 7.91. The van der Waals surface area contributed by atoms with Gasteiger partial charge in [0.1, 0.15) is 0 Å². The minimum Gasteiger partial charge on any atom is -0.335 e.